The van der Waals surface area contributed by atoms with Crippen molar-refractivity contribution in [2.75, 3.05) is 0 Å². The van der Waals surface area contributed by atoms with Gasteiger partial charge in [0.1, 0.15) is 0 Å². The Morgan fingerprint density at radius 1 is 0.485 bits per heavy atom. The minimum atomic E-state index is -0.0894. The largest absolute Gasteiger partial charge is 0.0683 e. The maximum atomic E-state index is 2.40. The molecular weight excluding hydrogens is 396 g/mol. The number of hydrogen-bond acceptors (Lipinski definition) is 0. The summed E-state index contributed by atoms with van der Waals surface area (Å²) < 4.78 is 0. The molecule has 160 valence electrons. The summed E-state index contributed by atoms with van der Waals surface area (Å²) in [7, 11) is 0. The summed E-state index contributed by atoms with van der Waals surface area (Å²) in [6, 6.07) is 36.0. The molecule has 0 amide bonds. The van der Waals surface area contributed by atoms with Gasteiger partial charge in [-0.3, -0.25) is 0 Å². The monoisotopic (exact) mass is 424 g/mol. The molecule has 0 heterocycles. The Kier molecular flexibility index (Phi) is 4.35. The number of benzene rings is 6. The van der Waals surface area contributed by atoms with Gasteiger partial charge in [-0.2, -0.15) is 0 Å². The Hall–Kier alpha value is -3.64. The molecule has 6 aromatic rings. The van der Waals surface area contributed by atoms with Crippen LogP contribution in [0.5, 0.6) is 0 Å². The van der Waals surface area contributed by atoms with E-state index in [1.54, 1.807) is 0 Å². The van der Waals surface area contributed by atoms with Crippen molar-refractivity contribution in [2.24, 2.45) is 0 Å². The summed E-state index contributed by atoms with van der Waals surface area (Å²) in [4.78, 5) is 0. The molecule has 6 aromatic carbocycles. The van der Waals surface area contributed by atoms with Crippen LogP contribution in [0.15, 0.2) is 97.1 Å². The third-order valence-electron chi connectivity index (χ3n) is 7.37. The van der Waals surface area contributed by atoms with Crippen molar-refractivity contribution in [1.29, 1.82) is 0 Å². The molecule has 0 heteroatoms. The van der Waals surface area contributed by atoms with Crippen molar-refractivity contribution in [2.45, 2.75) is 33.1 Å². The van der Waals surface area contributed by atoms with Gasteiger partial charge in [0.2, 0.25) is 0 Å². The van der Waals surface area contributed by atoms with Crippen molar-refractivity contribution < 1.29 is 0 Å². The fourth-order valence-corrected chi connectivity index (χ4v) is 6.09. The maximum Gasteiger partial charge on any atom is 0.0165 e. The number of rotatable bonds is 0. The number of hydrogen-bond donors (Lipinski definition) is 0. The zero-order valence-corrected chi connectivity index (χ0v) is 19.7. The molecule has 0 saturated carbocycles. The minimum Gasteiger partial charge on any atom is -0.0683 e. The second-order valence-electron chi connectivity index (χ2n) is 9.34. The van der Waals surface area contributed by atoms with Crippen LogP contribution in [0.1, 0.15) is 38.8 Å². The van der Waals surface area contributed by atoms with Gasteiger partial charge in [0.05, 0.1) is 0 Å². The molecule has 0 fully saturated rings. The molecule has 0 saturated heterocycles. The molecule has 0 atom stereocenters. The van der Waals surface area contributed by atoms with Crippen LogP contribution < -0.4 is 0 Å². The lowest BCUT2D eigenvalue weighted by Gasteiger charge is -2.37. The van der Waals surface area contributed by atoms with Crippen LogP contribution >= 0.6 is 0 Å². The molecule has 0 bridgehead atoms. The van der Waals surface area contributed by atoms with E-state index in [4.69, 9.17) is 0 Å². The first-order valence-corrected chi connectivity index (χ1v) is 12.1. The van der Waals surface area contributed by atoms with Gasteiger partial charge in [0, 0.05) is 5.41 Å². The van der Waals surface area contributed by atoms with Crippen molar-refractivity contribution in [3.63, 3.8) is 0 Å². The van der Waals surface area contributed by atoms with Gasteiger partial charge in [-0.1, -0.05) is 119 Å². The highest BCUT2D eigenvalue weighted by molar-refractivity contribution is 6.25. The highest BCUT2D eigenvalue weighted by Gasteiger charge is 2.36. The first kappa shape index (κ1) is 20.0. The van der Waals surface area contributed by atoms with Gasteiger partial charge in [0.25, 0.3) is 0 Å². The van der Waals surface area contributed by atoms with Gasteiger partial charge in [-0.15, -0.1) is 0 Å². The van der Waals surface area contributed by atoms with E-state index in [-0.39, 0.29) is 5.41 Å². The molecular formula is C33H28. The van der Waals surface area contributed by atoms with Crippen molar-refractivity contribution in [3.05, 3.63) is 108 Å². The zero-order valence-electron chi connectivity index (χ0n) is 19.7. The third-order valence-corrected chi connectivity index (χ3v) is 7.37. The first-order valence-electron chi connectivity index (χ1n) is 12.1. The van der Waals surface area contributed by atoms with Crippen LogP contribution in [0.25, 0.3) is 54.2 Å². The van der Waals surface area contributed by atoms with Gasteiger partial charge in [-0.05, 0) is 71.4 Å². The van der Waals surface area contributed by atoms with Gasteiger partial charge >= 0.3 is 0 Å². The van der Waals surface area contributed by atoms with Gasteiger partial charge < -0.3 is 0 Å². The minimum absolute atomic E-state index is 0.0894. The molecule has 0 unspecified atom stereocenters. The Labute approximate surface area is 195 Å². The summed E-state index contributed by atoms with van der Waals surface area (Å²) in [6.45, 7) is 8.81. The Bertz CT molecular complexity index is 1700. The lowest BCUT2D eigenvalue weighted by molar-refractivity contribution is 0.652. The second-order valence-corrected chi connectivity index (χ2v) is 9.34. The van der Waals surface area contributed by atoms with E-state index in [1.807, 2.05) is 13.8 Å². The average Bonchev–Trinajstić information content (AvgIpc) is 2.87. The van der Waals surface area contributed by atoms with E-state index in [0.29, 0.717) is 0 Å². The molecule has 0 N–H and O–H groups in total. The second kappa shape index (κ2) is 7.18. The molecule has 0 radical (unpaired) electrons. The standard InChI is InChI=1S/C31H22.C2H6/c1-31(2)26-17-9-11-20-18-19-10-3-4-12-21(19)28(27(20)26)29-24-15-7-5-13-22(24)23-14-6-8-16-25(23)30(29)31;1-2/h3-18H,1-2H3;1-2H3. The van der Waals surface area contributed by atoms with Gasteiger partial charge in [-0.25, -0.2) is 0 Å². The average molecular weight is 425 g/mol. The fourth-order valence-electron chi connectivity index (χ4n) is 6.09. The fraction of sp³-hybridized carbons (Fsp3) is 0.152. The molecule has 0 nitrogen and oxygen atoms in total. The van der Waals surface area contributed by atoms with Crippen LogP contribution in [-0.2, 0) is 5.41 Å². The molecule has 1 aliphatic rings. The normalized spacial score (nSPS) is 13.7. The lowest BCUT2D eigenvalue weighted by atomic mass is 9.65. The molecule has 33 heavy (non-hydrogen) atoms. The predicted molar refractivity (Wildman–Crippen MR) is 145 cm³/mol. The van der Waals surface area contributed by atoms with Crippen molar-refractivity contribution in [3.8, 4) is 11.1 Å². The lowest BCUT2D eigenvalue weighted by Crippen LogP contribution is -2.24. The highest BCUT2D eigenvalue weighted by atomic mass is 14.4. The van der Waals surface area contributed by atoms with Crippen LogP contribution in [0.3, 0.4) is 0 Å². The highest BCUT2D eigenvalue weighted by Crippen LogP contribution is 2.55. The molecule has 7 rings (SSSR count). The van der Waals surface area contributed by atoms with E-state index >= 15 is 0 Å². The topological polar surface area (TPSA) is 0 Å². The van der Waals surface area contributed by atoms with E-state index in [2.05, 4.69) is 111 Å². The maximum absolute atomic E-state index is 2.40. The van der Waals surface area contributed by atoms with E-state index in [0.717, 1.165) is 0 Å². The Morgan fingerprint density at radius 2 is 1.03 bits per heavy atom. The molecule has 0 aromatic heterocycles. The van der Waals surface area contributed by atoms with E-state index in [9.17, 15) is 0 Å². The molecule has 0 spiro atoms. The summed E-state index contributed by atoms with van der Waals surface area (Å²) in [5.41, 5.74) is 5.62. The first-order chi connectivity index (χ1) is 16.2. The summed E-state index contributed by atoms with van der Waals surface area (Å²) in [6.07, 6.45) is 0. The smallest absolute Gasteiger partial charge is 0.0165 e. The van der Waals surface area contributed by atoms with Crippen LogP contribution in [0, 0.1) is 0 Å². The van der Waals surface area contributed by atoms with Crippen molar-refractivity contribution in [1.82, 2.24) is 0 Å². The zero-order chi connectivity index (χ0) is 22.7. The summed E-state index contributed by atoms with van der Waals surface area (Å²) in [5, 5.41) is 10.8. The van der Waals surface area contributed by atoms with Gasteiger partial charge in [0.15, 0.2) is 0 Å². The third kappa shape index (κ3) is 2.58. The number of fused-ring (bicyclic) bond motifs is 9. The van der Waals surface area contributed by atoms with E-state index < -0.39 is 0 Å². The molecule has 1 aliphatic carbocycles. The Balaban J connectivity index is 0.00000101. The SMILES string of the molecule is CC.CC1(C)c2c(c3ccccc3c3ccccc23)-c2c3ccccc3cc3cccc1c23. The van der Waals surface area contributed by atoms with Crippen LogP contribution in [-0.4, -0.2) is 0 Å². The summed E-state index contributed by atoms with van der Waals surface area (Å²) >= 11 is 0. The summed E-state index contributed by atoms with van der Waals surface area (Å²) in [5.74, 6) is 0. The molecule has 0 aliphatic heterocycles. The van der Waals surface area contributed by atoms with Crippen LogP contribution in [0.2, 0.25) is 0 Å². The predicted octanol–water partition coefficient (Wildman–Crippen LogP) is 9.63. The van der Waals surface area contributed by atoms with Crippen LogP contribution in [0.4, 0.5) is 0 Å². The van der Waals surface area contributed by atoms with Crippen molar-refractivity contribution >= 4 is 43.1 Å². The quantitative estimate of drug-likeness (QED) is 0.168. The van der Waals surface area contributed by atoms with E-state index in [1.165, 1.54) is 65.3 Å². The Morgan fingerprint density at radius 3 is 1.76 bits per heavy atom.